The zero-order valence-electron chi connectivity index (χ0n) is 11.5. The molecule has 1 amide bonds. The van der Waals surface area contributed by atoms with Crippen LogP contribution in [0.2, 0.25) is 5.02 Å². The fourth-order valence-electron chi connectivity index (χ4n) is 1.93. The summed E-state index contributed by atoms with van der Waals surface area (Å²) in [4.78, 5) is 22.7. The van der Waals surface area contributed by atoms with Crippen LogP contribution in [-0.4, -0.2) is 10.8 Å². The summed E-state index contributed by atoms with van der Waals surface area (Å²) < 4.78 is 0. The summed E-state index contributed by atoms with van der Waals surface area (Å²) in [7, 11) is 0. The monoisotopic (exact) mass is 304 g/mol. The fourth-order valence-corrected chi connectivity index (χ4v) is 2.10. The number of halogens is 1. The molecule has 0 atom stereocenters. The Morgan fingerprint density at radius 3 is 2.62 bits per heavy atom. The molecule has 2 rings (SSSR count). The van der Waals surface area contributed by atoms with Gasteiger partial charge in [-0.25, -0.2) is 0 Å². The van der Waals surface area contributed by atoms with Crippen LogP contribution in [0.25, 0.3) is 0 Å². The number of anilines is 1. The number of nitro benzene ring substituents is 1. The van der Waals surface area contributed by atoms with E-state index in [1.165, 1.54) is 18.2 Å². The van der Waals surface area contributed by atoms with Gasteiger partial charge in [-0.05, 0) is 43.2 Å². The molecular formula is C15H13ClN2O3. The summed E-state index contributed by atoms with van der Waals surface area (Å²) >= 11 is 5.82. The number of benzene rings is 2. The molecule has 5 nitrogen and oxygen atoms in total. The fraction of sp³-hybridized carbons (Fsp3) is 0.133. The highest BCUT2D eigenvalue weighted by molar-refractivity contribution is 6.31. The maximum absolute atomic E-state index is 12.3. The third kappa shape index (κ3) is 3.20. The molecule has 21 heavy (non-hydrogen) atoms. The van der Waals surface area contributed by atoms with E-state index in [1.807, 2.05) is 26.0 Å². The Kier molecular flexibility index (Phi) is 4.23. The minimum atomic E-state index is -0.603. The summed E-state index contributed by atoms with van der Waals surface area (Å²) in [5, 5.41) is 14.0. The number of nitrogens with zero attached hydrogens (tertiary/aromatic N) is 1. The topological polar surface area (TPSA) is 72.2 Å². The van der Waals surface area contributed by atoms with E-state index in [9.17, 15) is 14.9 Å². The lowest BCUT2D eigenvalue weighted by atomic mass is 10.1. The summed E-state index contributed by atoms with van der Waals surface area (Å²) in [6.07, 6.45) is 0. The molecule has 0 unspecified atom stereocenters. The molecule has 0 aliphatic rings. The first-order valence-electron chi connectivity index (χ1n) is 6.21. The van der Waals surface area contributed by atoms with E-state index in [1.54, 1.807) is 6.07 Å². The molecule has 0 spiro atoms. The van der Waals surface area contributed by atoms with Crippen LogP contribution in [0, 0.1) is 24.0 Å². The van der Waals surface area contributed by atoms with Crippen molar-refractivity contribution in [1.82, 2.24) is 0 Å². The minimum absolute atomic E-state index is 0.0617. The van der Waals surface area contributed by atoms with Crippen LogP contribution in [0.15, 0.2) is 36.4 Å². The van der Waals surface area contributed by atoms with Crippen molar-refractivity contribution < 1.29 is 9.72 Å². The van der Waals surface area contributed by atoms with E-state index < -0.39 is 10.8 Å². The lowest BCUT2D eigenvalue weighted by molar-refractivity contribution is -0.385. The van der Waals surface area contributed by atoms with Crippen LogP contribution in [0.3, 0.4) is 0 Å². The largest absolute Gasteiger partial charge is 0.322 e. The molecule has 0 saturated carbocycles. The Hall–Kier alpha value is -2.40. The standard InChI is InChI=1S/C15H13ClN2O3/c1-9-4-3-5-13(10(9)2)17-15(19)12-8-11(16)6-7-14(12)18(20)21/h3-8H,1-2H3,(H,17,19). The molecule has 0 bridgehead atoms. The highest BCUT2D eigenvalue weighted by Gasteiger charge is 2.21. The van der Waals surface area contributed by atoms with Gasteiger partial charge in [-0.2, -0.15) is 0 Å². The van der Waals surface area contributed by atoms with Gasteiger partial charge in [0.1, 0.15) is 5.56 Å². The summed E-state index contributed by atoms with van der Waals surface area (Å²) in [6.45, 7) is 3.80. The average Bonchev–Trinajstić information content (AvgIpc) is 2.43. The van der Waals surface area contributed by atoms with Gasteiger partial charge in [-0.1, -0.05) is 23.7 Å². The van der Waals surface area contributed by atoms with Gasteiger partial charge in [0, 0.05) is 16.8 Å². The van der Waals surface area contributed by atoms with Gasteiger partial charge in [-0.15, -0.1) is 0 Å². The highest BCUT2D eigenvalue weighted by Crippen LogP contribution is 2.25. The second-order valence-corrected chi connectivity index (χ2v) is 5.06. The molecule has 0 heterocycles. The van der Waals surface area contributed by atoms with Crippen molar-refractivity contribution in [2.24, 2.45) is 0 Å². The van der Waals surface area contributed by atoms with E-state index in [0.717, 1.165) is 11.1 Å². The molecule has 6 heteroatoms. The Morgan fingerprint density at radius 2 is 1.95 bits per heavy atom. The number of rotatable bonds is 3. The number of hydrogen-bond acceptors (Lipinski definition) is 3. The van der Waals surface area contributed by atoms with Crippen molar-refractivity contribution in [2.45, 2.75) is 13.8 Å². The van der Waals surface area contributed by atoms with Gasteiger partial charge < -0.3 is 5.32 Å². The Morgan fingerprint density at radius 1 is 1.24 bits per heavy atom. The lowest BCUT2D eigenvalue weighted by Crippen LogP contribution is -2.15. The van der Waals surface area contributed by atoms with E-state index in [-0.39, 0.29) is 16.3 Å². The zero-order valence-corrected chi connectivity index (χ0v) is 12.3. The van der Waals surface area contributed by atoms with Gasteiger partial charge >= 0.3 is 0 Å². The SMILES string of the molecule is Cc1cccc(NC(=O)c2cc(Cl)ccc2[N+](=O)[O-])c1C. The maximum atomic E-state index is 12.3. The molecule has 0 saturated heterocycles. The van der Waals surface area contributed by atoms with E-state index >= 15 is 0 Å². The van der Waals surface area contributed by atoms with Crippen LogP contribution in [0.5, 0.6) is 0 Å². The summed E-state index contributed by atoms with van der Waals surface area (Å²) in [5.41, 5.74) is 2.22. The third-order valence-corrected chi connectivity index (χ3v) is 3.49. The number of nitro groups is 1. The second-order valence-electron chi connectivity index (χ2n) is 4.62. The van der Waals surface area contributed by atoms with Gasteiger partial charge in [0.15, 0.2) is 0 Å². The first-order chi connectivity index (χ1) is 9.90. The summed E-state index contributed by atoms with van der Waals surface area (Å²) in [5.74, 6) is -0.557. The minimum Gasteiger partial charge on any atom is -0.322 e. The van der Waals surface area contributed by atoms with Crippen molar-refractivity contribution in [3.8, 4) is 0 Å². The van der Waals surface area contributed by atoms with Crippen LogP contribution in [0.4, 0.5) is 11.4 Å². The predicted octanol–water partition coefficient (Wildman–Crippen LogP) is 4.12. The third-order valence-electron chi connectivity index (χ3n) is 3.25. The number of carbonyl (C=O) groups is 1. The van der Waals surface area contributed by atoms with Crippen molar-refractivity contribution in [2.75, 3.05) is 5.32 Å². The number of amides is 1. The number of hydrogen-bond donors (Lipinski definition) is 1. The Bertz CT molecular complexity index is 729. The van der Waals surface area contributed by atoms with Crippen LogP contribution >= 0.6 is 11.6 Å². The maximum Gasteiger partial charge on any atom is 0.282 e. The lowest BCUT2D eigenvalue weighted by Gasteiger charge is -2.10. The first kappa shape index (κ1) is 15.0. The van der Waals surface area contributed by atoms with E-state index in [4.69, 9.17) is 11.6 Å². The van der Waals surface area contributed by atoms with Crippen molar-refractivity contribution in [1.29, 1.82) is 0 Å². The number of aryl methyl sites for hydroxylation is 1. The molecule has 0 aromatic heterocycles. The van der Waals surface area contributed by atoms with Gasteiger partial charge in [0.05, 0.1) is 4.92 Å². The Labute approximate surface area is 126 Å². The number of carbonyl (C=O) groups excluding carboxylic acids is 1. The second kappa shape index (κ2) is 5.93. The van der Waals surface area contributed by atoms with Crippen molar-refractivity contribution >= 4 is 28.9 Å². The molecule has 0 radical (unpaired) electrons. The molecule has 108 valence electrons. The molecule has 2 aromatic carbocycles. The van der Waals surface area contributed by atoms with Crippen molar-refractivity contribution in [3.05, 3.63) is 68.2 Å². The van der Waals surface area contributed by atoms with Crippen LogP contribution in [-0.2, 0) is 0 Å². The molecule has 2 aromatic rings. The van der Waals surface area contributed by atoms with Crippen LogP contribution < -0.4 is 5.32 Å². The van der Waals surface area contributed by atoms with Crippen LogP contribution in [0.1, 0.15) is 21.5 Å². The van der Waals surface area contributed by atoms with Gasteiger partial charge in [0.2, 0.25) is 0 Å². The van der Waals surface area contributed by atoms with E-state index in [0.29, 0.717) is 5.69 Å². The predicted molar refractivity (Wildman–Crippen MR) is 82.0 cm³/mol. The van der Waals surface area contributed by atoms with Gasteiger partial charge in [0.25, 0.3) is 11.6 Å². The normalized spacial score (nSPS) is 10.2. The smallest absolute Gasteiger partial charge is 0.282 e. The van der Waals surface area contributed by atoms with Gasteiger partial charge in [-0.3, -0.25) is 14.9 Å². The quantitative estimate of drug-likeness (QED) is 0.685. The molecular weight excluding hydrogens is 292 g/mol. The average molecular weight is 305 g/mol. The molecule has 0 aliphatic carbocycles. The van der Waals surface area contributed by atoms with Crippen molar-refractivity contribution in [3.63, 3.8) is 0 Å². The Balaban J connectivity index is 2.39. The first-order valence-corrected chi connectivity index (χ1v) is 6.59. The van der Waals surface area contributed by atoms with E-state index in [2.05, 4.69) is 5.32 Å². The summed E-state index contributed by atoms with van der Waals surface area (Å²) in [6, 6.07) is 9.38. The molecule has 1 N–H and O–H groups in total. The zero-order chi connectivity index (χ0) is 15.6. The molecule has 0 fully saturated rings. The highest BCUT2D eigenvalue weighted by atomic mass is 35.5. The molecule has 0 aliphatic heterocycles. The number of nitrogens with one attached hydrogen (secondary N) is 1.